The van der Waals surface area contributed by atoms with Gasteiger partial charge in [0.2, 0.25) is 21.8 Å². The normalized spacial score (nSPS) is 11.9. The van der Waals surface area contributed by atoms with Crippen LogP contribution in [0, 0.1) is 0 Å². The summed E-state index contributed by atoms with van der Waals surface area (Å²) in [4.78, 5) is 28.7. The Morgan fingerprint density at radius 3 is 2.24 bits per heavy atom. The van der Waals surface area contributed by atoms with Crippen molar-refractivity contribution >= 4 is 43.5 Å². The third-order valence-electron chi connectivity index (χ3n) is 6.45. The number of sulfonamides is 1. The molecule has 0 aliphatic carbocycles. The molecule has 0 saturated heterocycles. The number of amides is 2. The van der Waals surface area contributed by atoms with Crippen molar-refractivity contribution in [3.63, 3.8) is 0 Å². The Labute approximate surface area is 251 Å². The van der Waals surface area contributed by atoms with Crippen molar-refractivity contribution in [3.05, 3.63) is 94.5 Å². The molecule has 0 bridgehead atoms. The lowest BCUT2D eigenvalue weighted by molar-refractivity contribution is -0.141. The van der Waals surface area contributed by atoms with E-state index in [4.69, 9.17) is 4.74 Å². The Hall–Kier alpha value is -3.37. The number of hydrogen-bond donors (Lipinski definition) is 1. The second-order valence-electron chi connectivity index (χ2n) is 9.62. The minimum atomic E-state index is -3.59. The standard InChI is InChI=1S/C31H38BrN3O5S/c1-4-33-31(37)29(22-24-11-7-6-8-12-24)34(23-25-13-9-14-26(32)21-25)30(36)15-10-20-35(41(3,38)39)27-16-18-28(19-17-27)40-5-2/h6-9,11-14,16-19,21,29H,4-5,10,15,20,22-23H2,1-3H3,(H,33,37). The van der Waals surface area contributed by atoms with Crippen molar-refractivity contribution < 1.29 is 22.7 Å². The van der Waals surface area contributed by atoms with Gasteiger partial charge >= 0.3 is 0 Å². The monoisotopic (exact) mass is 643 g/mol. The molecule has 220 valence electrons. The van der Waals surface area contributed by atoms with E-state index in [0.29, 0.717) is 31.0 Å². The summed E-state index contributed by atoms with van der Waals surface area (Å²) >= 11 is 3.49. The van der Waals surface area contributed by atoms with Gasteiger partial charge in [0.25, 0.3) is 0 Å². The first-order chi connectivity index (χ1) is 19.6. The molecular weight excluding hydrogens is 606 g/mol. The van der Waals surface area contributed by atoms with Gasteiger partial charge in [0.05, 0.1) is 18.6 Å². The van der Waals surface area contributed by atoms with E-state index in [1.54, 1.807) is 29.2 Å². The van der Waals surface area contributed by atoms with Crippen LogP contribution in [0.5, 0.6) is 5.75 Å². The maximum absolute atomic E-state index is 13.8. The van der Waals surface area contributed by atoms with Crippen molar-refractivity contribution in [1.29, 1.82) is 0 Å². The molecule has 10 heteroatoms. The number of nitrogens with one attached hydrogen (secondary N) is 1. The number of hydrogen-bond acceptors (Lipinski definition) is 5. The molecule has 3 aromatic carbocycles. The van der Waals surface area contributed by atoms with Crippen LogP contribution in [-0.2, 0) is 32.6 Å². The Bertz CT molecular complexity index is 1380. The van der Waals surface area contributed by atoms with Crippen LogP contribution < -0.4 is 14.4 Å². The maximum atomic E-state index is 13.8. The van der Waals surface area contributed by atoms with E-state index in [-0.39, 0.29) is 37.7 Å². The number of benzene rings is 3. The van der Waals surface area contributed by atoms with E-state index >= 15 is 0 Å². The molecule has 0 aliphatic heterocycles. The zero-order chi connectivity index (χ0) is 29.8. The second-order valence-corrected chi connectivity index (χ2v) is 12.4. The number of nitrogens with zero attached hydrogens (tertiary/aromatic N) is 2. The van der Waals surface area contributed by atoms with Crippen LogP contribution in [-0.4, -0.2) is 57.1 Å². The van der Waals surface area contributed by atoms with Gasteiger partial charge in [0.15, 0.2) is 0 Å². The molecule has 3 rings (SSSR count). The highest BCUT2D eigenvalue weighted by Crippen LogP contribution is 2.23. The maximum Gasteiger partial charge on any atom is 0.243 e. The van der Waals surface area contributed by atoms with E-state index in [0.717, 1.165) is 21.9 Å². The van der Waals surface area contributed by atoms with E-state index in [2.05, 4.69) is 21.2 Å². The summed E-state index contributed by atoms with van der Waals surface area (Å²) in [5.41, 5.74) is 2.32. The smallest absolute Gasteiger partial charge is 0.243 e. The van der Waals surface area contributed by atoms with Crippen LogP contribution >= 0.6 is 15.9 Å². The first-order valence-corrected chi connectivity index (χ1v) is 16.3. The summed E-state index contributed by atoms with van der Waals surface area (Å²) in [5, 5.41) is 2.89. The molecule has 2 amide bonds. The molecule has 1 unspecified atom stereocenters. The van der Waals surface area contributed by atoms with E-state index in [9.17, 15) is 18.0 Å². The van der Waals surface area contributed by atoms with Crippen molar-refractivity contribution in [1.82, 2.24) is 10.2 Å². The van der Waals surface area contributed by atoms with Gasteiger partial charge in [0.1, 0.15) is 11.8 Å². The summed E-state index contributed by atoms with van der Waals surface area (Å²) < 4.78 is 32.9. The SMILES string of the molecule is CCNC(=O)C(Cc1ccccc1)N(Cc1cccc(Br)c1)C(=O)CCCN(c1ccc(OCC)cc1)S(C)(=O)=O. The van der Waals surface area contributed by atoms with Crippen LogP contribution in [0.3, 0.4) is 0 Å². The molecule has 0 spiro atoms. The lowest BCUT2D eigenvalue weighted by Gasteiger charge is -2.32. The number of carbonyl (C=O) groups excluding carboxylic acids is 2. The summed E-state index contributed by atoms with van der Waals surface area (Å²) in [6, 6.07) is 23.3. The fraction of sp³-hybridized carbons (Fsp3) is 0.355. The first kappa shape index (κ1) is 32.1. The van der Waals surface area contributed by atoms with Gasteiger partial charge < -0.3 is 15.0 Å². The summed E-state index contributed by atoms with van der Waals surface area (Å²) in [6.07, 6.45) is 1.85. The summed E-state index contributed by atoms with van der Waals surface area (Å²) in [6.45, 7) is 5.03. The Kier molecular flexibility index (Phi) is 12.2. The average Bonchev–Trinajstić information content (AvgIpc) is 2.94. The van der Waals surface area contributed by atoms with Crippen LogP contribution in [0.15, 0.2) is 83.3 Å². The fourth-order valence-corrected chi connectivity index (χ4v) is 5.97. The van der Waals surface area contributed by atoms with Gasteiger partial charge in [-0.1, -0.05) is 58.4 Å². The minimum Gasteiger partial charge on any atom is -0.494 e. The quantitative estimate of drug-likeness (QED) is 0.247. The predicted molar refractivity (Wildman–Crippen MR) is 166 cm³/mol. The van der Waals surface area contributed by atoms with Crippen molar-refractivity contribution in [2.45, 2.75) is 45.7 Å². The highest BCUT2D eigenvalue weighted by atomic mass is 79.9. The van der Waals surface area contributed by atoms with Crippen LogP contribution in [0.2, 0.25) is 0 Å². The fourth-order valence-electron chi connectivity index (χ4n) is 4.56. The van der Waals surface area contributed by atoms with Gasteiger partial charge in [-0.15, -0.1) is 0 Å². The Balaban J connectivity index is 1.84. The number of likely N-dealkylation sites (N-methyl/N-ethyl adjacent to an activating group) is 1. The molecule has 0 aromatic heterocycles. The molecule has 1 atom stereocenters. The molecular formula is C31H38BrN3O5S. The summed E-state index contributed by atoms with van der Waals surface area (Å²) in [7, 11) is -3.59. The molecule has 41 heavy (non-hydrogen) atoms. The number of rotatable bonds is 15. The van der Waals surface area contributed by atoms with Crippen molar-refractivity contribution in [2.24, 2.45) is 0 Å². The topological polar surface area (TPSA) is 96.0 Å². The molecule has 3 aromatic rings. The number of ether oxygens (including phenoxy) is 1. The lowest BCUT2D eigenvalue weighted by Crippen LogP contribution is -2.50. The third-order valence-corrected chi connectivity index (χ3v) is 8.14. The second kappa shape index (κ2) is 15.6. The molecule has 1 N–H and O–H groups in total. The van der Waals surface area contributed by atoms with Crippen LogP contribution in [0.1, 0.15) is 37.8 Å². The van der Waals surface area contributed by atoms with Gasteiger partial charge in [-0.25, -0.2) is 8.42 Å². The minimum absolute atomic E-state index is 0.0712. The Morgan fingerprint density at radius 2 is 1.63 bits per heavy atom. The van der Waals surface area contributed by atoms with Gasteiger partial charge in [0, 0.05) is 36.9 Å². The van der Waals surface area contributed by atoms with Crippen molar-refractivity contribution in [3.8, 4) is 5.75 Å². The molecule has 0 radical (unpaired) electrons. The molecule has 8 nitrogen and oxygen atoms in total. The van der Waals surface area contributed by atoms with E-state index < -0.39 is 16.1 Å². The van der Waals surface area contributed by atoms with E-state index in [1.165, 1.54) is 4.31 Å². The average molecular weight is 645 g/mol. The first-order valence-electron chi connectivity index (χ1n) is 13.7. The zero-order valence-electron chi connectivity index (χ0n) is 23.8. The van der Waals surface area contributed by atoms with Gasteiger partial charge in [-0.05, 0) is 67.8 Å². The Morgan fingerprint density at radius 1 is 0.951 bits per heavy atom. The third kappa shape index (κ3) is 9.89. The molecule has 0 saturated carbocycles. The van der Waals surface area contributed by atoms with Gasteiger partial charge in [-0.3, -0.25) is 13.9 Å². The number of halogens is 1. The lowest BCUT2D eigenvalue weighted by atomic mass is 10.0. The largest absolute Gasteiger partial charge is 0.494 e. The van der Waals surface area contributed by atoms with Crippen LogP contribution in [0.4, 0.5) is 5.69 Å². The molecule has 0 fully saturated rings. The molecule has 0 heterocycles. The van der Waals surface area contributed by atoms with Crippen molar-refractivity contribution in [2.75, 3.05) is 30.3 Å². The number of anilines is 1. The highest BCUT2D eigenvalue weighted by Gasteiger charge is 2.30. The zero-order valence-corrected chi connectivity index (χ0v) is 26.2. The van der Waals surface area contributed by atoms with E-state index in [1.807, 2.05) is 68.4 Å². The summed E-state index contributed by atoms with van der Waals surface area (Å²) in [5.74, 6) is 0.196. The van der Waals surface area contributed by atoms with Crippen LogP contribution in [0.25, 0.3) is 0 Å². The number of carbonyl (C=O) groups is 2. The molecule has 0 aliphatic rings. The van der Waals surface area contributed by atoms with Gasteiger partial charge in [-0.2, -0.15) is 0 Å². The highest BCUT2D eigenvalue weighted by molar-refractivity contribution is 9.10. The predicted octanol–water partition coefficient (Wildman–Crippen LogP) is 5.17.